The van der Waals surface area contributed by atoms with E-state index in [9.17, 15) is 57.8 Å². The van der Waals surface area contributed by atoms with E-state index in [1.807, 2.05) is 13.8 Å². The van der Waals surface area contributed by atoms with Crippen LogP contribution in [-0.4, -0.2) is 164 Å². The summed E-state index contributed by atoms with van der Waals surface area (Å²) in [6.45, 7) is 7.69. The van der Waals surface area contributed by atoms with Gasteiger partial charge in [-0.25, -0.2) is 0 Å². The molecule has 0 aliphatic carbocycles. The lowest BCUT2D eigenvalue weighted by Gasteiger charge is -2.31. The van der Waals surface area contributed by atoms with E-state index in [2.05, 4.69) is 37.2 Å². The van der Waals surface area contributed by atoms with Crippen LogP contribution in [0.15, 0.2) is 24.3 Å². The van der Waals surface area contributed by atoms with E-state index < -0.39 is 151 Å². The van der Waals surface area contributed by atoms with Gasteiger partial charge in [0.05, 0.1) is 19.0 Å². The van der Waals surface area contributed by atoms with E-state index in [4.69, 9.17) is 32.8 Å². The van der Waals surface area contributed by atoms with E-state index in [-0.39, 0.29) is 54.5 Å². The van der Waals surface area contributed by atoms with Crippen molar-refractivity contribution in [1.29, 1.82) is 0 Å². The second-order valence-corrected chi connectivity index (χ2v) is 20.5. The Morgan fingerprint density at radius 3 is 1.92 bits per heavy atom. The molecule has 414 valence electrons. The molecule has 2 heterocycles. The number of benzene rings is 1. The zero-order chi connectivity index (χ0) is 55.1. The quantitative estimate of drug-likeness (QED) is 0.0656. The van der Waals surface area contributed by atoms with Gasteiger partial charge in [-0.1, -0.05) is 67.8 Å². The molecule has 0 radical (unpaired) electrons. The van der Waals surface area contributed by atoms with Crippen LogP contribution in [0.5, 0.6) is 5.75 Å². The van der Waals surface area contributed by atoms with Crippen molar-refractivity contribution in [3.8, 4) is 5.75 Å². The third-order valence-corrected chi connectivity index (χ3v) is 13.7. The molecule has 1 aromatic rings. The van der Waals surface area contributed by atoms with E-state index in [0.29, 0.717) is 18.4 Å². The molecule has 1 aromatic carbocycles. The van der Waals surface area contributed by atoms with Crippen molar-refractivity contribution in [1.82, 2.24) is 42.1 Å². The highest BCUT2D eigenvalue weighted by molar-refractivity contribution is 8.76. The fourth-order valence-electron chi connectivity index (χ4n) is 7.34. The smallest absolute Gasteiger partial charge is 0.300 e. The summed E-state index contributed by atoms with van der Waals surface area (Å²) in [6, 6.07) is -5.05. The molecule has 3 rings (SSSR count). The number of carbonyl (C=O) groups excluding carboxylic acids is 11. The van der Waals surface area contributed by atoms with Gasteiger partial charge in [0, 0.05) is 37.8 Å². The van der Waals surface area contributed by atoms with Crippen molar-refractivity contribution < 1.29 is 73.2 Å². The molecular weight excluding hydrogens is 1010 g/mol. The first kappa shape index (κ1) is 65.3. The Morgan fingerprint density at radius 2 is 1.35 bits per heavy atom. The van der Waals surface area contributed by atoms with Gasteiger partial charge in [0.1, 0.15) is 48.0 Å². The molecule has 0 unspecified atom stereocenters. The SMILES string of the molecule is CC(=O)O.CC[C@H](C)[C@@H]1NC(=O)[C@H](Cc2ccc(O)cc2)NC(=O)[C@@H](N)CSSC[C@@H](C(=O)N2CCC[C@H]2C(=O)N[C@@H](CC(C)C)C(=O)NCC(N)=O)NC(=O)[C@H](CC(N)=O)NC(=O)[C@H](CCC(N)=O)NC1=O.O. The van der Waals surface area contributed by atoms with Crippen LogP contribution >= 0.6 is 21.6 Å². The lowest BCUT2D eigenvalue weighted by Crippen LogP contribution is -2.61. The van der Waals surface area contributed by atoms with Crippen LogP contribution in [-0.2, 0) is 64.0 Å². The lowest BCUT2D eigenvalue weighted by atomic mass is 9.96. The number of phenolic OH excluding ortho intramolecular Hbond substituents is 1. The highest BCUT2D eigenvalue weighted by Crippen LogP contribution is 2.26. The largest absolute Gasteiger partial charge is 0.508 e. The number of likely N-dealkylation sites (tertiary alicyclic amines) is 1. The van der Waals surface area contributed by atoms with Crippen molar-refractivity contribution in [3.63, 3.8) is 0 Å². The number of aromatic hydroxyl groups is 1. The van der Waals surface area contributed by atoms with Crippen molar-refractivity contribution in [2.75, 3.05) is 24.6 Å². The number of aliphatic carboxylic acids is 1. The molecule has 2 aliphatic rings. The molecule has 0 bridgehead atoms. The summed E-state index contributed by atoms with van der Waals surface area (Å²) in [5.74, 6) is -11.2. The maximum Gasteiger partial charge on any atom is 0.300 e. The number of rotatable bonds is 17. The standard InChI is InChI=1S/C43H66N12O12S2.C2H4O2.H2O/c1-5-22(4)35-42(66)49-26(12-13-32(45)57)38(62)51-29(17-33(46)58)39(63)53-30(20-69-68-19-25(44)36(60)50-28(40(64)54-35)16-23-8-10-24(56)11-9-23)43(67)55-14-6-7-31(55)41(65)52-27(15-21(2)3)37(61)48-18-34(47)59;1-2(3)4;/h8-11,21-22,25-31,35,56H,5-7,12-20,44H2,1-4H3,(H2,45,57)(H2,46,58)(H2,47,59)(H,48,61)(H,49,66)(H,50,60)(H,51,62)(H,52,65)(H,53,63)(H,54,64);1H3,(H,3,4);1H2/t22-,25-,26-,27-,28-,29-,30-,31-,35-;;/m0../s1. The molecule has 29 heteroatoms. The minimum absolute atomic E-state index is 0. The molecule has 19 N–H and O–H groups in total. The van der Waals surface area contributed by atoms with Crippen LogP contribution in [0.4, 0.5) is 0 Å². The minimum atomic E-state index is -1.75. The number of carbonyl (C=O) groups is 12. The van der Waals surface area contributed by atoms with Crippen molar-refractivity contribution in [2.24, 2.45) is 34.8 Å². The average molecular weight is 1090 g/mol. The van der Waals surface area contributed by atoms with Crippen LogP contribution < -0.4 is 60.2 Å². The number of primary amides is 3. The minimum Gasteiger partial charge on any atom is -0.508 e. The van der Waals surface area contributed by atoms with Gasteiger partial charge in [0.25, 0.3) is 5.97 Å². The number of phenols is 1. The molecule has 2 aliphatic heterocycles. The van der Waals surface area contributed by atoms with Gasteiger partial charge in [-0.3, -0.25) is 57.5 Å². The molecule has 11 amide bonds. The molecule has 2 fully saturated rings. The molecule has 27 nitrogen and oxygen atoms in total. The van der Waals surface area contributed by atoms with Gasteiger partial charge in [0.15, 0.2) is 0 Å². The molecular formula is C45H72N12O15S2. The number of nitrogens with one attached hydrogen (secondary N) is 7. The van der Waals surface area contributed by atoms with Crippen molar-refractivity contribution >= 4 is 92.5 Å². The third kappa shape index (κ3) is 23.0. The number of carboxylic acids is 1. The van der Waals surface area contributed by atoms with Gasteiger partial charge >= 0.3 is 0 Å². The number of amides is 11. The average Bonchev–Trinajstić information content (AvgIpc) is 3.81. The predicted octanol–water partition coefficient (Wildman–Crippen LogP) is -4.34. The zero-order valence-corrected chi connectivity index (χ0v) is 43.6. The van der Waals surface area contributed by atoms with Crippen LogP contribution in [0, 0.1) is 11.8 Å². The molecule has 0 spiro atoms. The number of hydrogen-bond donors (Lipinski definition) is 13. The maximum absolute atomic E-state index is 14.5. The number of carboxylic acid groups (broad SMARTS) is 1. The van der Waals surface area contributed by atoms with E-state index in [1.54, 1.807) is 13.8 Å². The summed E-state index contributed by atoms with van der Waals surface area (Å²) in [5.41, 5.74) is 22.9. The summed E-state index contributed by atoms with van der Waals surface area (Å²) >= 11 is 0. The van der Waals surface area contributed by atoms with Gasteiger partial charge in [-0.2, -0.15) is 0 Å². The summed E-state index contributed by atoms with van der Waals surface area (Å²) < 4.78 is 0. The Morgan fingerprint density at radius 1 is 0.784 bits per heavy atom. The maximum atomic E-state index is 14.5. The number of nitrogens with two attached hydrogens (primary N) is 4. The fourth-order valence-corrected chi connectivity index (χ4v) is 9.62. The van der Waals surface area contributed by atoms with E-state index in [0.717, 1.165) is 28.5 Å². The van der Waals surface area contributed by atoms with Crippen LogP contribution in [0.25, 0.3) is 0 Å². The molecule has 9 atom stereocenters. The van der Waals surface area contributed by atoms with Gasteiger partial charge < -0.3 is 80.7 Å². The second-order valence-electron chi connectivity index (χ2n) is 17.9. The second kappa shape index (κ2) is 32.5. The summed E-state index contributed by atoms with van der Waals surface area (Å²) in [6.07, 6.45) is -0.694. The first-order chi connectivity index (χ1) is 34.2. The highest BCUT2D eigenvalue weighted by Gasteiger charge is 2.41. The highest BCUT2D eigenvalue weighted by atomic mass is 33.1. The Balaban J connectivity index is 0.00000527. The molecule has 0 aromatic heterocycles. The van der Waals surface area contributed by atoms with Crippen LogP contribution in [0.2, 0.25) is 0 Å². The Hall–Kier alpha value is -6.72. The first-order valence-corrected chi connectivity index (χ1v) is 26.0. The van der Waals surface area contributed by atoms with Crippen LogP contribution in [0.3, 0.4) is 0 Å². The Labute approximate surface area is 435 Å². The summed E-state index contributed by atoms with van der Waals surface area (Å²) in [4.78, 5) is 157. The number of hydrogen-bond acceptors (Lipinski definition) is 16. The van der Waals surface area contributed by atoms with E-state index in [1.165, 1.54) is 29.2 Å². The fraction of sp³-hybridized carbons (Fsp3) is 0.600. The normalized spacial score (nSPS) is 23.0. The monoisotopic (exact) mass is 1080 g/mol. The lowest BCUT2D eigenvalue weighted by molar-refractivity contribution is -0.142. The Kier molecular flexibility index (Phi) is 28.6. The first-order valence-electron chi connectivity index (χ1n) is 23.5. The molecule has 2 saturated heterocycles. The molecule has 74 heavy (non-hydrogen) atoms. The zero-order valence-electron chi connectivity index (χ0n) is 41.9. The van der Waals surface area contributed by atoms with Crippen molar-refractivity contribution in [3.05, 3.63) is 29.8 Å². The third-order valence-electron chi connectivity index (χ3n) is 11.3. The summed E-state index contributed by atoms with van der Waals surface area (Å²) in [5, 5.41) is 35.1. The van der Waals surface area contributed by atoms with Crippen molar-refractivity contribution in [2.45, 2.75) is 134 Å². The van der Waals surface area contributed by atoms with E-state index >= 15 is 0 Å². The molecule has 0 saturated carbocycles. The van der Waals surface area contributed by atoms with Crippen LogP contribution in [0.1, 0.15) is 85.1 Å². The predicted molar refractivity (Wildman–Crippen MR) is 271 cm³/mol. The topological polar surface area (TPSA) is 468 Å². The van der Waals surface area contributed by atoms with Gasteiger partial charge in [-0.05, 0) is 55.2 Å². The summed E-state index contributed by atoms with van der Waals surface area (Å²) in [7, 11) is 2.05. The Bertz CT molecular complexity index is 2150. The van der Waals surface area contributed by atoms with Gasteiger partial charge in [0.2, 0.25) is 65.0 Å². The number of nitrogens with zero attached hydrogens (tertiary/aromatic N) is 1. The van der Waals surface area contributed by atoms with Gasteiger partial charge in [-0.15, -0.1) is 0 Å².